The number of benzene rings is 1. The Morgan fingerprint density at radius 3 is 2.94 bits per heavy atom. The quantitative estimate of drug-likeness (QED) is 0.821. The number of rotatable bonds is 6. The molecule has 1 heterocycles. The Labute approximate surface area is 107 Å². The standard InChI is InChI=1S/C14H19N3O/c1-2-7-17-8-6-13(16-17)11-15-10-12-4-3-5-14(18)9-12/h3-6,8-9,15,18H,2,7,10-11H2,1H3. The van der Waals surface area contributed by atoms with Crippen LogP contribution < -0.4 is 5.32 Å². The van der Waals surface area contributed by atoms with E-state index in [9.17, 15) is 5.11 Å². The van der Waals surface area contributed by atoms with Crippen LogP contribution in [0.15, 0.2) is 36.5 Å². The summed E-state index contributed by atoms with van der Waals surface area (Å²) < 4.78 is 1.96. The van der Waals surface area contributed by atoms with E-state index in [1.807, 2.05) is 29.1 Å². The lowest BCUT2D eigenvalue weighted by atomic mass is 10.2. The summed E-state index contributed by atoms with van der Waals surface area (Å²) in [5.74, 6) is 0.307. The Morgan fingerprint density at radius 1 is 1.28 bits per heavy atom. The van der Waals surface area contributed by atoms with Crippen molar-refractivity contribution in [1.82, 2.24) is 15.1 Å². The fourth-order valence-corrected chi connectivity index (χ4v) is 1.85. The zero-order chi connectivity index (χ0) is 12.8. The predicted molar refractivity (Wildman–Crippen MR) is 71.2 cm³/mol. The SMILES string of the molecule is CCCn1ccc(CNCc2cccc(O)c2)n1. The van der Waals surface area contributed by atoms with Gasteiger partial charge < -0.3 is 10.4 Å². The van der Waals surface area contributed by atoms with Crippen molar-refractivity contribution in [3.05, 3.63) is 47.8 Å². The lowest BCUT2D eigenvalue weighted by Gasteiger charge is -2.03. The Balaban J connectivity index is 1.81. The fourth-order valence-electron chi connectivity index (χ4n) is 1.85. The Bertz CT molecular complexity index is 493. The molecule has 0 saturated heterocycles. The van der Waals surface area contributed by atoms with E-state index >= 15 is 0 Å². The Hall–Kier alpha value is -1.81. The molecule has 0 spiro atoms. The van der Waals surface area contributed by atoms with Gasteiger partial charge in [0, 0.05) is 25.8 Å². The second kappa shape index (κ2) is 6.21. The lowest BCUT2D eigenvalue weighted by Crippen LogP contribution is -2.13. The molecule has 0 aliphatic heterocycles. The van der Waals surface area contributed by atoms with E-state index in [4.69, 9.17) is 0 Å². The van der Waals surface area contributed by atoms with Crippen molar-refractivity contribution in [3.8, 4) is 5.75 Å². The van der Waals surface area contributed by atoms with Gasteiger partial charge >= 0.3 is 0 Å². The third kappa shape index (κ3) is 3.60. The molecule has 2 rings (SSSR count). The highest BCUT2D eigenvalue weighted by Crippen LogP contribution is 2.10. The maximum absolute atomic E-state index is 9.35. The van der Waals surface area contributed by atoms with Crippen molar-refractivity contribution in [3.63, 3.8) is 0 Å². The van der Waals surface area contributed by atoms with Crippen molar-refractivity contribution < 1.29 is 5.11 Å². The molecule has 4 heteroatoms. The smallest absolute Gasteiger partial charge is 0.115 e. The predicted octanol–water partition coefficient (Wildman–Crippen LogP) is 2.29. The number of hydrogen-bond donors (Lipinski definition) is 2. The van der Waals surface area contributed by atoms with Gasteiger partial charge in [-0.15, -0.1) is 0 Å². The van der Waals surface area contributed by atoms with Crippen LogP contribution in [0.2, 0.25) is 0 Å². The highest BCUT2D eigenvalue weighted by atomic mass is 16.3. The number of phenols is 1. The molecule has 18 heavy (non-hydrogen) atoms. The first-order valence-electron chi connectivity index (χ1n) is 6.29. The number of aromatic hydroxyl groups is 1. The molecular formula is C14H19N3O. The van der Waals surface area contributed by atoms with Crippen molar-refractivity contribution in [2.24, 2.45) is 0 Å². The third-order valence-electron chi connectivity index (χ3n) is 2.69. The van der Waals surface area contributed by atoms with Crippen molar-refractivity contribution in [1.29, 1.82) is 0 Å². The summed E-state index contributed by atoms with van der Waals surface area (Å²) in [6.07, 6.45) is 3.10. The van der Waals surface area contributed by atoms with Crippen LogP contribution in [-0.4, -0.2) is 14.9 Å². The van der Waals surface area contributed by atoms with Gasteiger partial charge in [0.2, 0.25) is 0 Å². The molecule has 2 aromatic rings. The summed E-state index contributed by atoms with van der Waals surface area (Å²) in [7, 11) is 0. The monoisotopic (exact) mass is 245 g/mol. The first-order chi connectivity index (χ1) is 8.78. The zero-order valence-electron chi connectivity index (χ0n) is 10.6. The molecule has 0 unspecified atom stereocenters. The van der Waals surface area contributed by atoms with Gasteiger partial charge in [-0.2, -0.15) is 5.10 Å². The number of nitrogens with zero attached hydrogens (tertiary/aromatic N) is 2. The molecule has 0 fully saturated rings. The Kier molecular flexibility index (Phi) is 4.36. The molecule has 2 N–H and O–H groups in total. The minimum atomic E-state index is 0.307. The van der Waals surface area contributed by atoms with Crippen LogP contribution in [0.1, 0.15) is 24.6 Å². The van der Waals surface area contributed by atoms with Gasteiger partial charge in [-0.1, -0.05) is 19.1 Å². The Morgan fingerprint density at radius 2 is 2.17 bits per heavy atom. The molecule has 0 amide bonds. The molecule has 0 atom stereocenters. The highest BCUT2D eigenvalue weighted by Gasteiger charge is 1.99. The summed E-state index contributed by atoms with van der Waals surface area (Å²) in [6.45, 7) is 4.58. The molecule has 0 aliphatic carbocycles. The maximum atomic E-state index is 9.35. The van der Waals surface area contributed by atoms with E-state index in [0.29, 0.717) is 5.75 Å². The van der Waals surface area contributed by atoms with Gasteiger partial charge in [-0.25, -0.2) is 0 Å². The normalized spacial score (nSPS) is 10.7. The molecule has 4 nitrogen and oxygen atoms in total. The maximum Gasteiger partial charge on any atom is 0.115 e. The van der Waals surface area contributed by atoms with Crippen LogP contribution in [-0.2, 0) is 19.6 Å². The van der Waals surface area contributed by atoms with Crippen molar-refractivity contribution >= 4 is 0 Å². The van der Waals surface area contributed by atoms with Gasteiger partial charge in [0.25, 0.3) is 0 Å². The molecule has 0 radical (unpaired) electrons. The molecule has 0 saturated carbocycles. The lowest BCUT2D eigenvalue weighted by molar-refractivity contribution is 0.474. The number of phenolic OH excluding ortho intramolecular Hbond substituents is 1. The second-order valence-electron chi connectivity index (χ2n) is 4.34. The second-order valence-corrected chi connectivity index (χ2v) is 4.34. The van der Waals surface area contributed by atoms with Gasteiger partial charge in [0.05, 0.1) is 5.69 Å². The number of nitrogens with one attached hydrogen (secondary N) is 1. The molecule has 0 bridgehead atoms. The zero-order valence-corrected chi connectivity index (χ0v) is 10.6. The number of aromatic nitrogens is 2. The minimum absolute atomic E-state index is 0.307. The average molecular weight is 245 g/mol. The summed E-state index contributed by atoms with van der Waals surface area (Å²) in [4.78, 5) is 0. The van der Waals surface area contributed by atoms with E-state index in [0.717, 1.165) is 37.3 Å². The summed E-state index contributed by atoms with van der Waals surface area (Å²) in [5.41, 5.74) is 2.12. The van der Waals surface area contributed by atoms with Crippen LogP contribution in [0.5, 0.6) is 5.75 Å². The molecule has 1 aromatic carbocycles. The third-order valence-corrected chi connectivity index (χ3v) is 2.69. The van der Waals surface area contributed by atoms with Crippen LogP contribution in [0.4, 0.5) is 0 Å². The van der Waals surface area contributed by atoms with Gasteiger partial charge in [-0.05, 0) is 30.2 Å². The van der Waals surface area contributed by atoms with Crippen LogP contribution >= 0.6 is 0 Å². The molecule has 0 aliphatic rings. The fraction of sp³-hybridized carbons (Fsp3) is 0.357. The van der Waals surface area contributed by atoms with Crippen LogP contribution in [0.3, 0.4) is 0 Å². The average Bonchev–Trinajstić information content (AvgIpc) is 2.78. The topological polar surface area (TPSA) is 50.1 Å². The highest BCUT2D eigenvalue weighted by molar-refractivity contribution is 5.26. The number of aryl methyl sites for hydroxylation is 1. The first-order valence-corrected chi connectivity index (χ1v) is 6.29. The largest absolute Gasteiger partial charge is 0.508 e. The number of hydrogen-bond acceptors (Lipinski definition) is 3. The van der Waals surface area contributed by atoms with Crippen LogP contribution in [0.25, 0.3) is 0 Å². The minimum Gasteiger partial charge on any atom is -0.508 e. The van der Waals surface area contributed by atoms with E-state index in [2.05, 4.69) is 17.3 Å². The van der Waals surface area contributed by atoms with Crippen molar-refractivity contribution in [2.75, 3.05) is 0 Å². The van der Waals surface area contributed by atoms with Crippen molar-refractivity contribution in [2.45, 2.75) is 33.0 Å². The molecular weight excluding hydrogens is 226 g/mol. The van der Waals surface area contributed by atoms with E-state index in [1.54, 1.807) is 12.1 Å². The summed E-state index contributed by atoms with van der Waals surface area (Å²) in [6, 6.07) is 9.31. The van der Waals surface area contributed by atoms with E-state index < -0.39 is 0 Å². The van der Waals surface area contributed by atoms with Gasteiger partial charge in [0.1, 0.15) is 5.75 Å². The van der Waals surface area contributed by atoms with E-state index in [1.165, 1.54) is 0 Å². The molecule has 1 aromatic heterocycles. The molecule has 96 valence electrons. The summed E-state index contributed by atoms with van der Waals surface area (Å²) >= 11 is 0. The summed E-state index contributed by atoms with van der Waals surface area (Å²) in [5, 5.41) is 17.1. The first kappa shape index (κ1) is 12.6. The van der Waals surface area contributed by atoms with E-state index in [-0.39, 0.29) is 0 Å². The van der Waals surface area contributed by atoms with Gasteiger partial charge in [0.15, 0.2) is 0 Å². The van der Waals surface area contributed by atoms with Gasteiger partial charge in [-0.3, -0.25) is 4.68 Å². The van der Waals surface area contributed by atoms with Crippen LogP contribution in [0, 0.1) is 0 Å².